The van der Waals surface area contributed by atoms with Crippen molar-refractivity contribution in [3.05, 3.63) is 11.6 Å². The molecule has 0 heteroatoms. The topological polar surface area (TPSA) is 0 Å². The summed E-state index contributed by atoms with van der Waals surface area (Å²) in [5, 5.41) is 0. The summed E-state index contributed by atoms with van der Waals surface area (Å²) in [6.07, 6.45) is 18.9. The fourth-order valence-electron chi connectivity index (χ4n) is 8.84. The Balaban J connectivity index is 1.63. The number of rotatable bonds is 1. The molecule has 0 N–H and O–H groups in total. The highest BCUT2D eigenvalue weighted by atomic mass is 14.6. The van der Waals surface area contributed by atoms with Gasteiger partial charge in [-0.1, -0.05) is 45.8 Å². The van der Waals surface area contributed by atoms with Gasteiger partial charge < -0.3 is 0 Å². The molecule has 0 spiro atoms. The van der Waals surface area contributed by atoms with Crippen molar-refractivity contribution in [2.75, 3.05) is 0 Å². The molecule has 4 fully saturated rings. The third kappa shape index (κ3) is 3.16. The Morgan fingerprint density at radius 2 is 1.48 bits per heavy atom. The van der Waals surface area contributed by atoms with Gasteiger partial charge in [-0.3, -0.25) is 0 Å². The molecule has 4 saturated carbocycles. The van der Waals surface area contributed by atoms with Gasteiger partial charge in [-0.05, 0) is 124 Å². The van der Waals surface area contributed by atoms with Gasteiger partial charge in [0.05, 0.1) is 0 Å². The SMILES string of the molecule is CC=C(C)[C@H]1CCC[C@H]2[C@@H]3CCC4CCC(C)(C)CCC4(C)[C@H]3CC[C@]12C. The van der Waals surface area contributed by atoms with Gasteiger partial charge >= 0.3 is 0 Å². The van der Waals surface area contributed by atoms with Crippen LogP contribution in [0.1, 0.15) is 112 Å². The van der Waals surface area contributed by atoms with Crippen molar-refractivity contribution in [2.45, 2.75) is 112 Å². The first-order chi connectivity index (χ1) is 12.7. The molecule has 154 valence electrons. The van der Waals surface area contributed by atoms with Gasteiger partial charge in [0.1, 0.15) is 0 Å². The minimum Gasteiger partial charge on any atom is -0.0884 e. The lowest BCUT2D eigenvalue weighted by Gasteiger charge is -2.63. The van der Waals surface area contributed by atoms with E-state index in [0.29, 0.717) is 16.2 Å². The van der Waals surface area contributed by atoms with Gasteiger partial charge in [-0.15, -0.1) is 0 Å². The summed E-state index contributed by atoms with van der Waals surface area (Å²) in [6, 6.07) is 0. The molecule has 0 amide bonds. The fraction of sp³-hybridized carbons (Fsp3) is 0.926. The summed E-state index contributed by atoms with van der Waals surface area (Å²) in [6.45, 7) is 15.2. The number of fused-ring (bicyclic) bond motifs is 5. The van der Waals surface area contributed by atoms with Crippen LogP contribution in [0, 0.1) is 45.8 Å². The first-order valence-corrected chi connectivity index (χ1v) is 12.3. The van der Waals surface area contributed by atoms with Crippen LogP contribution in [0.5, 0.6) is 0 Å². The fourth-order valence-corrected chi connectivity index (χ4v) is 8.84. The summed E-state index contributed by atoms with van der Waals surface area (Å²) in [7, 11) is 0. The van der Waals surface area contributed by atoms with E-state index in [0.717, 1.165) is 29.6 Å². The summed E-state index contributed by atoms with van der Waals surface area (Å²) in [4.78, 5) is 0. The summed E-state index contributed by atoms with van der Waals surface area (Å²) >= 11 is 0. The minimum atomic E-state index is 0.581. The standard InChI is InChI=1S/C27H46/c1-7-19(2)22-9-8-10-23-21-12-11-20-13-15-25(3,4)17-18-26(20,5)24(21)14-16-27(22,23)6/h7,20-24H,8-18H2,1-6H3/t20?,21-,22+,23-,24-,26?,27+/m0/s1. The second-order valence-electron chi connectivity index (χ2n) is 12.4. The quantitative estimate of drug-likeness (QED) is 0.406. The Morgan fingerprint density at radius 3 is 2.22 bits per heavy atom. The van der Waals surface area contributed by atoms with E-state index in [9.17, 15) is 0 Å². The van der Waals surface area contributed by atoms with Crippen molar-refractivity contribution >= 4 is 0 Å². The minimum absolute atomic E-state index is 0.581. The molecule has 4 rings (SSSR count). The van der Waals surface area contributed by atoms with Crippen LogP contribution in [-0.4, -0.2) is 0 Å². The van der Waals surface area contributed by atoms with Crippen molar-refractivity contribution in [3.8, 4) is 0 Å². The van der Waals surface area contributed by atoms with Gasteiger partial charge in [-0.25, -0.2) is 0 Å². The van der Waals surface area contributed by atoms with Crippen LogP contribution in [0.2, 0.25) is 0 Å². The highest BCUT2D eigenvalue weighted by molar-refractivity contribution is 5.15. The van der Waals surface area contributed by atoms with Gasteiger partial charge in [0, 0.05) is 0 Å². The smallest absolute Gasteiger partial charge is 0.0149 e. The van der Waals surface area contributed by atoms with E-state index >= 15 is 0 Å². The molecule has 2 unspecified atom stereocenters. The lowest BCUT2D eigenvalue weighted by atomic mass is 9.42. The molecule has 0 aromatic rings. The van der Waals surface area contributed by atoms with Crippen molar-refractivity contribution in [2.24, 2.45) is 45.8 Å². The molecule has 0 bridgehead atoms. The van der Waals surface area contributed by atoms with Crippen LogP contribution in [0.3, 0.4) is 0 Å². The Bertz CT molecular complexity index is 583. The monoisotopic (exact) mass is 370 g/mol. The first kappa shape index (κ1) is 20.0. The normalized spacial score (nSPS) is 50.1. The first-order valence-electron chi connectivity index (χ1n) is 12.3. The zero-order valence-electron chi connectivity index (χ0n) is 19.2. The molecule has 0 aromatic heterocycles. The third-order valence-electron chi connectivity index (χ3n) is 10.8. The average Bonchev–Trinajstić information content (AvgIpc) is 2.76. The lowest BCUT2D eigenvalue weighted by molar-refractivity contribution is -0.127. The molecular weight excluding hydrogens is 324 g/mol. The Kier molecular flexibility index (Phi) is 5.13. The maximum absolute atomic E-state index is 2.75. The number of allylic oxidation sites excluding steroid dienone is 2. The lowest BCUT2D eigenvalue weighted by Crippen LogP contribution is -2.55. The Hall–Kier alpha value is -0.260. The van der Waals surface area contributed by atoms with Crippen LogP contribution in [0.15, 0.2) is 11.6 Å². The van der Waals surface area contributed by atoms with Gasteiger partial charge in [0.15, 0.2) is 0 Å². The molecule has 27 heavy (non-hydrogen) atoms. The van der Waals surface area contributed by atoms with Crippen LogP contribution in [-0.2, 0) is 0 Å². The Morgan fingerprint density at radius 1 is 0.741 bits per heavy atom. The van der Waals surface area contributed by atoms with E-state index in [1.54, 1.807) is 12.0 Å². The van der Waals surface area contributed by atoms with Crippen LogP contribution >= 0.6 is 0 Å². The summed E-state index contributed by atoms with van der Waals surface area (Å²) in [5.41, 5.74) is 3.50. The maximum Gasteiger partial charge on any atom is -0.0149 e. The van der Waals surface area contributed by atoms with Gasteiger partial charge in [0.25, 0.3) is 0 Å². The molecule has 4 aliphatic carbocycles. The van der Waals surface area contributed by atoms with E-state index in [2.05, 4.69) is 47.6 Å². The molecule has 0 aliphatic heterocycles. The molecule has 4 aliphatic rings. The van der Waals surface area contributed by atoms with Gasteiger partial charge in [-0.2, -0.15) is 0 Å². The molecule has 0 saturated heterocycles. The third-order valence-corrected chi connectivity index (χ3v) is 10.8. The molecule has 0 heterocycles. The molecule has 0 radical (unpaired) electrons. The molecular formula is C27H46. The van der Waals surface area contributed by atoms with Crippen molar-refractivity contribution in [3.63, 3.8) is 0 Å². The van der Waals surface area contributed by atoms with E-state index in [1.807, 2.05) is 0 Å². The summed E-state index contributed by atoms with van der Waals surface area (Å²) in [5.74, 6) is 4.92. The van der Waals surface area contributed by atoms with Crippen molar-refractivity contribution in [1.82, 2.24) is 0 Å². The molecule has 0 aromatic carbocycles. The van der Waals surface area contributed by atoms with Gasteiger partial charge in [0.2, 0.25) is 0 Å². The van der Waals surface area contributed by atoms with E-state index < -0.39 is 0 Å². The van der Waals surface area contributed by atoms with E-state index in [-0.39, 0.29) is 0 Å². The predicted octanol–water partition coefficient (Wildman–Crippen LogP) is 8.42. The zero-order valence-corrected chi connectivity index (χ0v) is 19.2. The summed E-state index contributed by atoms with van der Waals surface area (Å²) < 4.78 is 0. The maximum atomic E-state index is 2.75. The van der Waals surface area contributed by atoms with Crippen LogP contribution in [0.25, 0.3) is 0 Å². The van der Waals surface area contributed by atoms with E-state index in [4.69, 9.17) is 0 Å². The Labute approximate surface area is 170 Å². The number of hydrogen-bond acceptors (Lipinski definition) is 0. The van der Waals surface area contributed by atoms with Crippen LogP contribution < -0.4 is 0 Å². The highest BCUT2D eigenvalue weighted by Gasteiger charge is 2.58. The predicted molar refractivity (Wildman–Crippen MR) is 118 cm³/mol. The average molecular weight is 371 g/mol. The van der Waals surface area contributed by atoms with Crippen molar-refractivity contribution in [1.29, 1.82) is 0 Å². The second-order valence-corrected chi connectivity index (χ2v) is 12.4. The van der Waals surface area contributed by atoms with Crippen molar-refractivity contribution < 1.29 is 0 Å². The highest BCUT2D eigenvalue weighted by Crippen LogP contribution is 2.67. The zero-order chi connectivity index (χ0) is 19.4. The second kappa shape index (κ2) is 6.91. The molecule has 7 atom stereocenters. The largest absolute Gasteiger partial charge is 0.0884 e. The molecule has 0 nitrogen and oxygen atoms in total. The van der Waals surface area contributed by atoms with Crippen LogP contribution in [0.4, 0.5) is 0 Å². The number of hydrogen-bond donors (Lipinski definition) is 0. The van der Waals surface area contributed by atoms with E-state index in [1.165, 1.54) is 64.2 Å².